The molecule has 2 aromatic rings. The summed E-state index contributed by atoms with van der Waals surface area (Å²) in [6, 6.07) is 1.86. The number of aromatic nitrogens is 3. The number of carboxylic acid groups (broad SMARTS) is 1. The number of thiazole rings is 1. The number of piperidine rings is 1. The quantitative estimate of drug-likeness (QED) is 0.919. The fourth-order valence-corrected chi connectivity index (χ4v) is 3.98. The summed E-state index contributed by atoms with van der Waals surface area (Å²) in [5.74, 6) is -0.968. The van der Waals surface area contributed by atoms with Crippen LogP contribution >= 0.6 is 11.3 Å². The van der Waals surface area contributed by atoms with Crippen molar-refractivity contribution in [2.75, 3.05) is 13.1 Å². The summed E-state index contributed by atoms with van der Waals surface area (Å²) >= 11 is 1.74. The van der Waals surface area contributed by atoms with Crippen LogP contribution in [0.25, 0.3) is 0 Å². The second-order valence-corrected chi connectivity index (χ2v) is 8.31. The van der Waals surface area contributed by atoms with Gasteiger partial charge in [-0.05, 0) is 18.9 Å². The number of carboxylic acids is 1. The molecule has 0 unspecified atom stereocenters. The molecule has 3 heterocycles. The number of hydrogen-bond donors (Lipinski definition) is 1. The molecule has 1 N–H and O–H groups in total. The zero-order valence-corrected chi connectivity index (χ0v) is 15.2. The zero-order chi connectivity index (χ0) is 17.3. The molecule has 3 rings (SSSR count). The normalized spacial score (nSPS) is 17.3. The fraction of sp³-hybridized carbons (Fsp3) is 0.588. The van der Waals surface area contributed by atoms with Gasteiger partial charge in [-0.25, -0.2) is 9.78 Å². The smallest absolute Gasteiger partial charge is 0.356 e. The number of rotatable bonds is 4. The summed E-state index contributed by atoms with van der Waals surface area (Å²) in [7, 11) is 0. The third-order valence-electron chi connectivity index (χ3n) is 4.44. The highest BCUT2D eigenvalue weighted by molar-refractivity contribution is 7.09. The first-order chi connectivity index (χ1) is 11.3. The Bertz CT molecular complexity index is 708. The van der Waals surface area contributed by atoms with Gasteiger partial charge in [0.05, 0.1) is 18.3 Å². The lowest BCUT2D eigenvalue weighted by atomic mass is 9.93. The average Bonchev–Trinajstić information content (AvgIpc) is 3.16. The topological polar surface area (TPSA) is 71.2 Å². The van der Waals surface area contributed by atoms with Crippen LogP contribution in [0.2, 0.25) is 0 Å². The highest BCUT2D eigenvalue weighted by Crippen LogP contribution is 2.27. The maximum absolute atomic E-state index is 10.9. The third kappa shape index (κ3) is 3.84. The van der Waals surface area contributed by atoms with Gasteiger partial charge in [-0.2, -0.15) is 5.10 Å². The van der Waals surface area contributed by atoms with Crippen molar-refractivity contribution in [2.24, 2.45) is 0 Å². The maximum Gasteiger partial charge on any atom is 0.356 e. The second-order valence-electron chi connectivity index (χ2n) is 7.37. The second kappa shape index (κ2) is 6.64. The van der Waals surface area contributed by atoms with Crippen molar-refractivity contribution >= 4 is 17.3 Å². The van der Waals surface area contributed by atoms with Gasteiger partial charge < -0.3 is 5.11 Å². The minimum absolute atomic E-state index is 0.101. The van der Waals surface area contributed by atoms with Gasteiger partial charge in [-0.1, -0.05) is 20.8 Å². The van der Waals surface area contributed by atoms with Gasteiger partial charge in [0.2, 0.25) is 0 Å². The van der Waals surface area contributed by atoms with E-state index in [9.17, 15) is 4.79 Å². The highest BCUT2D eigenvalue weighted by atomic mass is 32.1. The van der Waals surface area contributed by atoms with Gasteiger partial charge in [-0.15, -0.1) is 11.3 Å². The molecule has 7 heteroatoms. The molecule has 0 saturated carbocycles. The molecule has 24 heavy (non-hydrogen) atoms. The lowest BCUT2D eigenvalue weighted by molar-refractivity contribution is 0.0688. The number of aromatic carboxylic acids is 1. The lowest BCUT2D eigenvalue weighted by Crippen LogP contribution is -2.34. The van der Waals surface area contributed by atoms with E-state index in [2.05, 4.69) is 36.1 Å². The van der Waals surface area contributed by atoms with E-state index in [-0.39, 0.29) is 17.2 Å². The maximum atomic E-state index is 10.9. The van der Waals surface area contributed by atoms with Crippen molar-refractivity contribution in [3.63, 3.8) is 0 Å². The molecule has 0 bridgehead atoms. The van der Waals surface area contributed by atoms with Crippen molar-refractivity contribution < 1.29 is 9.90 Å². The van der Waals surface area contributed by atoms with Crippen molar-refractivity contribution in [1.82, 2.24) is 19.7 Å². The molecule has 1 saturated heterocycles. The number of carbonyl (C=O) groups is 1. The molecular formula is C17H24N4O2S. The van der Waals surface area contributed by atoms with Crippen molar-refractivity contribution in [2.45, 2.75) is 51.6 Å². The average molecular weight is 348 g/mol. The Morgan fingerprint density at radius 1 is 1.38 bits per heavy atom. The van der Waals surface area contributed by atoms with E-state index in [0.717, 1.165) is 38.2 Å². The summed E-state index contributed by atoms with van der Waals surface area (Å²) < 4.78 is 1.81. The van der Waals surface area contributed by atoms with E-state index >= 15 is 0 Å². The molecule has 1 aliphatic heterocycles. The molecule has 0 aliphatic carbocycles. The van der Waals surface area contributed by atoms with Crippen LogP contribution in [0.1, 0.15) is 60.8 Å². The van der Waals surface area contributed by atoms with E-state index in [1.165, 1.54) is 5.01 Å². The molecule has 0 radical (unpaired) electrons. The predicted octanol–water partition coefficient (Wildman–Crippen LogP) is 3.17. The molecule has 0 aromatic carbocycles. The zero-order valence-electron chi connectivity index (χ0n) is 14.4. The molecule has 0 spiro atoms. The monoisotopic (exact) mass is 348 g/mol. The highest BCUT2D eigenvalue weighted by Gasteiger charge is 2.23. The molecule has 130 valence electrons. The van der Waals surface area contributed by atoms with Crippen LogP contribution in [0.3, 0.4) is 0 Å². The first-order valence-corrected chi connectivity index (χ1v) is 9.16. The number of likely N-dealkylation sites (tertiary alicyclic amines) is 1. The Morgan fingerprint density at radius 3 is 2.62 bits per heavy atom. The molecule has 1 aliphatic rings. The van der Waals surface area contributed by atoms with Gasteiger partial charge >= 0.3 is 5.97 Å². The number of nitrogens with zero attached hydrogens (tertiary/aromatic N) is 4. The molecule has 2 aromatic heterocycles. The van der Waals surface area contributed by atoms with Crippen molar-refractivity contribution in [1.29, 1.82) is 0 Å². The lowest BCUT2D eigenvalue weighted by Gasteiger charge is -2.31. The third-order valence-corrected chi connectivity index (χ3v) is 5.27. The molecular weight excluding hydrogens is 324 g/mol. The summed E-state index contributed by atoms with van der Waals surface area (Å²) in [4.78, 5) is 18.1. The van der Waals surface area contributed by atoms with Crippen LogP contribution in [0.4, 0.5) is 0 Å². The summed E-state index contributed by atoms with van der Waals surface area (Å²) in [5.41, 5.74) is 1.38. The van der Waals surface area contributed by atoms with E-state index in [1.807, 2.05) is 4.68 Å². The van der Waals surface area contributed by atoms with Crippen LogP contribution in [0.15, 0.2) is 17.6 Å². The summed E-state index contributed by atoms with van der Waals surface area (Å²) in [5, 5.41) is 16.5. The first-order valence-electron chi connectivity index (χ1n) is 8.28. The van der Waals surface area contributed by atoms with Gasteiger partial charge in [0.15, 0.2) is 5.69 Å². The van der Waals surface area contributed by atoms with Gasteiger partial charge in [0.25, 0.3) is 0 Å². The molecule has 6 nitrogen and oxygen atoms in total. The Kier molecular flexibility index (Phi) is 4.73. The van der Waals surface area contributed by atoms with Gasteiger partial charge in [0, 0.05) is 30.1 Å². The van der Waals surface area contributed by atoms with Gasteiger partial charge in [-0.3, -0.25) is 9.58 Å². The van der Waals surface area contributed by atoms with E-state index in [0.29, 0.717) is 0 Å². The fourth-order valence-electron chi connectivity index (χ4n) is 2.92. The molecule has 1 fully saturated rings. The van der Waals surface area contributed by atoms with E-state index in [4.69, 9.17) is 10.1 Å². The standard InChI is InChI=1S/C17H24N4O2S/c1-17(2,3)14-11-24-15(18-14)10-20-7-4-12(5-8-20)21-9-6-13(19-21)16(22)23/h6,9,11-12H,4-5,7-8,10H2,1-3H3,(H,22,23). The minimum atomic E-state index is -0.968. The summed E-state index contributed by atoms with van der Waals surface area (Å²) in [6.45, 7) is 9.42. The van der Waals surface area contributed by atoms with Crippen LogP contribution in [0, 0.1) is 0 Å². The van der Waals surface area contributed by atoms with Gasteiger partial charge in [0.1, 0.15) is 5.01 Å². The van der Waals surface area contributed by atoms with Crippen LogP contribution in [-0.2, 0) is 12.0 Å². The Hall–Kier alpha value is -1.73. The predicted molar refractivity (Wildman–Crippen MR) is 93.5 cm³/mol. The Labute approximate surface area is 146 Å². The first kappa shape index (κ1) is 17.1. The van der Waals surface area contributed by atoms with Crippen LogP contribution < -0.4 is 0 Å². The SMILES string of the molecule is CC(C)(C)c1csc(CN2CCC(n3ccc(C(=O)O)n3)CC2)n1. The van der Waals surface area contributed by atoms with Crippen molar-refractivity contribution in [3.8, 4) is 0 Å². The minimum Gasteiger partial charge on any atom is -0.476 e. The number of hydrogen-bond acceptors (Lipinski definition) is 5. The van der Waals surface area contributed by atoms with Crippen LogP contribution in [-0.4, -0.2) is 43.8 Å². The van der Waals surface area contributed by atoms with E-state index < -0.39 is 5.97 Å². The molecule has 0 amide bonds. The Morgan fingerprint density at radius 2 is 2.08 bits per heavy atom. The van der Waals surface area contributed by atoms with E-state index in [1.54, 1.807) is 23.6 Å². The summed E-state index contributed by atoms with van der Waals surface area (Å²) in [6.07, 6.45) is 3.75. The Balaban J connectivity index is 1.55. The molecule has 0 atom stereocenters. The largest absolute Gasteiger partial charge is 0.476 e. The van der Waals surface area contributed by atoms with Crippen molar-refractivity contribution in [3.05, 3.63) is 34.0 Å². The van der Waals surface area contributed by atoms with Crippen LogP contribution in [0.5, 0.6) is 0 Å².